The van der Waals surface area contributed by atoms with Gasteiger partial charge in [-0.1, -0.05) is 6.07 Å². The molecule has 1 unspecified atom stereocenters. The second-order valence-corrected chi connectivity index (χ2v) is 5.28. The summed E-state index contributed by atoms with van der Waals surface area (Å²) in [5, 5.41) is 3.57. The summed E-state index contributed by atoms with van der Waals surface area (Å²) in [7, 11) is 3.33. The summed E-state index contributed by atoms with van der Waals surface area (Å²) in [4.78, 5) is 0. The van der Waals surface area contributed by atoms with E-state index in [2.05, 4.69) is 11.4 Å². The molecule has 1 fully saturated rings. The third kappa shape index (κ3) is 3.30. The molecule has 1 N–H and O–H groups in total. The Labute approximate surface area is 107 Å². The fourth-order valence-corrected chi connectivity index (χ4v) is 3.14. The Balaban J connectivity index is 1.95. The number of ether oxygens (including phenoxy) is 2. The lowest BCUT2D eigenvalue weighted by Crippen LogP contribution is -2.27. The summed E-state index contributed by atoms with van der Waals surface area (Å²) in [6.45, 7) is 0.894. The highest BCUT2D eigenvalue weighted by molar-refractivity contribution is 7.99. The summed E-state index contributed by atoms with van der Waals surface area (Å²) in [5.74, 6) is 4.09. The molecule has 0 aromatic heterocycles. The van der Waals surface area contributed by atoms with E-state index in [4.69, 9.17) is 9.47 Å². The number of thioether (sulfide) groups is 1. The van der Waals surface area contributed by atoms with Crippen LogP contribution in [-0.2, 0) is 6.54 Å². The molecule has 0 amide bonds. The molecule has 0 saturated carbocycles. The monoisotopic (exact) mass is 253 g/mol. The maximum Gasteiger partial charge on any atom is 0.161 e. The first-order valence-electron chi connectivity index (χ1n) is 5.85. The highest BCUT2D eigenvalue weighted by atomic mass is 32.2. The van der Waals surface area contributed by atoms with Crippen LogP contribution in [0.15, 0.2) is 18.2 Å². The highest BCUT2D eigenvalue weighted by Gasteiger charge is 2.14. The molecule has 1 saturated heterocycles. The number of nitrogens with one attached hydrogen (secondary N) is 1. The van der Waals surface area contributed by atoms with Gasteiger partial charge in [-0.05, 0) is 29.9 Å². The molecular formula is C13H19NO2S. The zero-order valence-corrected chi connectivity index (χ0v) is 11.2. The quantitative estimate of drug-likeness (QED) is 0.872. The summed E-state index contributed by atoms with van der Waals surface area (Å²) < 4.78 is 10.5. The molecule has 3 nitrogen and oxygen atoms in total. The molecular weight excluding hydrogens is 234 g/mol. The van der Waals surface area contributed by atoms with E-state index in [1.54, 1.807) is 14.2 Å². The minimum atomic E-state index is 0.660. The van der Waals surface area contributed by atoms with Gasteiger partial charge in [-0.15, -0.1) is 0 Å². The molecule has 0 aliphatic carbocycles. The van der Waals surface area contributed by atoms with Crippen molar-refractivity contribution in [1.82, 2.24) is 5.32 Å². The van der Waals surface area contributed by atoms with Crippen molar-refractivity contribution >= 4 is 11.8 Å². The van der Waals surface area contributed by atoms with Crippen LogP contribution < -0.4 is 14.8 Å². The molecule has 0 radical (unpaired) electrons. The highest BCUT2D eigenvalue weighted by Crippen LogP contribution is 2.27. The van der Waals surface area contributed by atoms with Crippen LogP contribution in [0.2, 0.25) is 0 Å². The number of hydrogen-bond acceptors (Lipinski definition) is 4. The van der Waals surface area contributed by atoms with Crippen LogP contribution in [0.4, 0.5) is 0 Å². The molecule has 0 bridgehead atoms. The molecule has 0 spiro atoms. The molecule has 1 aliphatic rings. The van der Waals surface area contributed by atoms with E-state index < -0.39 is 0 Å². The summed E-state index contributed by atoms with van der Waals surface area (Å²) in [5.41, 5.74) is 1.24. The molecule has 1 aromatic rings. The lowest BCUT2D eigenvalue weighted by atomic mass is 10.2. The summed E-state index contributed by atoms with van der Waals surface area (Å²) in [6.07, 6.45) is 1.28. The molecule has 1 atom stereocenters. The Morgan fingerprint density at radius 1 is 1.29 bits per heavy atom. The minimum absolute atomic E-state index is 0.660. The standard InChI is InChI=1S/C13H19NO2S/c1-15-12-4-3-10(7-13(12)16-2)8-14-11-5-6-17-9-11/h3-4,7,11,14H,5-6,8-9H2,1-2H3. The van der Waals surface area contributed by atoms with E-state index in [-0.39, 0.29) is 0 Å². The van der Waals surface area contributed by atoms with Gasteiger partial charge in [0.15, 0.2) is 11.5 Å². The van der Waals surface area contributed by atoms with Crippen molar-refractivity contribution in [2.45, 2.75) is 19.0 Å². The van der Waals surface area contributed by atoms with E-state index in [0.717, 1.165) is 18.0 Å². The third-order valence-electron chi connectivity index (χ3n) is 2.97. The Morgan fingerprint density at radius 3 is 2.76 bits per heavy atom. The van der Waals surface area contributed by atoms with Gasteiger partial charge in [0, 0.05) is 18.3 Å². The maximum atomic E-state index is 5.29. The lowest BCUT2D eigenvalue weighted by Gasteiger charge is -2.13. The van der Waals surface area contributed by atoms with Crippen molar-refractivity contribution in [3.05, 3.63) is 23.8 Å². The maximum absolute atomic E-state index is 5.29. The SMILES string of the molecule is COc1ccc(CNC2CCSC2)cc1OC. The van der Waals surface area contributed by atoms with Gasteiger partial charge in [0.1, 0.15) is 0 Å². The van der Waals surface area contributed by atoms with E-state index in [1.165, 1.54) is 23.5 Å². The predicted molar refractivity (Wildman–Crippen MR) is 72.1 cm³/mol. The van der Waals surface area contributed by atoms with Crippen LogP contribution in [0.3, 0.4) is 0 Å². The molecule has 2 rings (SSSR count). The number of methoxy groups -OCH3 is 2. The second-order valence-electron chi connectivity index (χ2n) is 4.13. The molecule has 4 heteroatoms. The van der Waals surface area contributed by atoms with Crippen molar-refractivity contribution in [2.75, 3.05) is 25.7 Å². The number of benzene rings is 1. The summed E-state index contributed by atoms with van der Waals surface area (Å²) >= 11 is 2.02. The minimum Gasteiger partial charge on any atom is -0.493 e. The van der Waals surface area contributed by atoms with Crippen molar-refractivity contribution in [3.63, 3.8) is 0 Å². The van der Waals surface area contributed by atoms with Gasteiger partial charge >= 0.3 is 0 Å². The van der Waals surface area contributed by atoms with Gasteiger partial charge in [-0.2, -0.15) is 11.8 Å². The second kappa shape index (κ2) is 6.17. The molecule has 1 heterocycles. The van der Waals surface area contributed by atoms with Gasteiger partial charge < -0.3 is 14.8 Å². The van der Waals surface area contributed by atoms with E-state index in [0.29, 0.717) is 6.04 Å². The Bertz CT molecular complexity index is 364. The average molecular weight is 253 g/mol. The Hall–Kier alpha value is -0.870. The fraction of sp³-hybridized carbons (Fsp3) is 0.538. The molecule has 94 valence electrons. The Morgan fingerprint density at radius 2 is 2.12 bits per heavy atom. The lowest BCUT2D eigenvalue weighted by molar-refractivity contribution is 0.354. The van der Waals surface area contributed by atoms with Crippen LogP contribution in [0.1, 0.15) is 12.0 Å². The zero-order valence-electron chi connectivity index (χ0n) is 10.4. The fourth-order valence-electron chi connectivity index (χ4n) is 1.95. The van der Waals surface area contributed by atoms with E-state index in [9.17, 15) is 0 Å². The predicted octanol–water partition coefficient (Wildman–Crippen LogP) is 2.30. The first kappa shape index (κ1) is 12.6. The Kier molecular flexibility index (Phi) is 4.57. The van der Waals surface area contributed by atoms with Crippen molar-refractivity contribution in [1.29, 1.82) is 0 Å². The van der Waals surface area contributed by atoms with Crippen molar-refractivity contribution < 1.29 is 9.47 Å². The van der Waals surface area contributed by atoms with Gasteiger partial charge in [-0.3, -0.25) is 0 Å². The van der Waals surface area contributed by atoms with Crippen molar-refractivity contribution in [3.8, 4) is 11.5 Å². The average Bonchev–Trinajstić information content (AvgIpc) is 2.89. The van der Waals surface area contributed by atoms with Crippen LogP contribution >= 0.6 is 11.8 Å². The van der Waals surface area contributed by atoms with Gasteiger partial charge in [0.25, 0.3) is 0 Å². The molecule has 1 aromatic carbocycles. The number of hydrogen-bond donors (Lipinski definition) is 1. The molecule has 17 heavy (non-hydrogen) atoms. The first-order chi connectivity index (χ1) is 8.33. The van der Waals surface area contributed by atoms with Crippen LogP contribution in [0.5, 0.6) is 11.5 Å². The topological polar surface area (TPSA) is 30.5 Å². The van der Waals surface area contributed by atoms with Gasteiger partial charge in [0.2, 0.25) is 0 Å². The first-order valence-corrected chi connectivity index (χ1v) is 7.01. The van der Waals surface area contributed by atoms with Gasteiger partial charge in [0.05, 0.1) is 14.2 Å². The van der Waals surface area contributed by atoms with E-state index in [1.807, 2.05) is 23.9 Å². The van der Waals surface area contributed by atoms with Crippen molar-refractivity contribution in [2.24, 2.45) is 0 Å². The van der Waals surface area contributed by atoms with Crippen LogP contribution in [0.25, 0.3) is 0 Å². The van der Waals surface area contributed by atoms with Crippen LogP contribution in [0, 0.1) is 0 Å². The molecule has 1 aliphatic heterocycles. The summed E-state index contributed by atoms with van der Waals surface area (Å²) in [6, 6.07) is 6.73. The number of rotatable bonds is 5. The van der Waals surface area contributed by atoms with E-state index >= 15 is 0 Å². The largest absolute Gasteiger partial charge is 0.493 e. The zero-order chi connectivity index (χ0) is 12.1. The van der Waals surface area contributed by atoms with Gasteiger partial charge in [-0.25, -0.2) is 0 Å². The van der Waals surface area contributed by atoms with Crippen LogP contribution in [-0.4, -0.2) is 31.8 Å². The third-order valence-corrected chi connectivity index (χ3v) is 4.13. The smallest absolute Gasteiger partial charge is 0.161 e. The normalized spacial score (nSPS) is 19.3.